The van der Waals surface area contributed by atoms with Gasteiger partial charge in [0.2, 0.25) is 0 Å². The summed E-state index contributed by atoms with van der Waals surface area (Å²) < 4.78 is 11.5. The molecule has 0 amide bonds. The normalized spacial score (nSPS) is 11.6. The molecular formula is C24H22O3. The van der Waals surface area contributed by atoms with Crippen LogP contribution in [0.5, 0.6) is 5.75 Å². The molecule has 27 heavy (non-hydrogen) atoms. The first kappa shape index (κ1) is 18.6. The zero-order chi connectivity index (χ0) is 18.9. The summed E-state index contributed by atoms with van der Waals surface area (Å²) in [5, 5.41) is 0. The molecule has 0 aromatic heterocycles. The van der Waals surface area contributed by atoms with E-state index in [1.807, 2.05) is 78.9 Å². The van der Waals surface area contributed by atoms with Gasteiger partial charge in [-0.2, -0.15) is 0 Å². The van der Waals surface area contributed by atoms with Gasteiger partial charge in [0.25, 0.3) is 0 Å². The summed E-state index contributed by atoms with van der Waals surface area (Å²) in [5.74, 6) is 0.0653. The summed E-state index contributed by atoms with van der Waals surface area (Å²) in [6.07, 6.45) is 0.0879. The number of carbonyl (C=O) groups is 1. The minimum absolute atomic E-state index is 0.276. The first-order valence-electron chi connectivity index (χ1n) is 8.88. The van der Waals surface area contributed by atoms with Crippen LogP contribution in [0.1, 0.15) is 23.7 Å². The van der Waals surface area contributed by atoms with Gasteiger partial charge in [-0.05, 0) is 23.3 Å². The highest BCUT2D eigenvalue weighted by Gasteiger charge is 2.19. The van der Waals surface area contributed by atoms with Gasteiger partial charge in [-0.1, -0.05) is 85.4 Å². The maximum absolute atomic E-state index is 12.4. The van der Waals surface area contributed by atoms with Gasteiger partial charge in [0, 0.05) is 12.0 Å². The molecule has 0 unspecified atom stereocenters. The number of hydrogen-bond acceptors (Lipinski definition) is 3. The smallest absolute Gasteiger partial charge is 0.338 e. The summed E-state index contributed by atoms with van der Waals surface area (Å²) in [6, 6.07) is 28.8. The fraction of sp³-hybridized carbons (Fsp3) is 0.125. The molecule has 0 radical (unpaired) electrons. The standard InChI is InChI=1S/C24H22O3/c1-19(24(25)27-22-15-9-4-10-16-22)17-23(21-13-7-3-8-14-21)26-18-20-11-5-2-6-12-20/h2-16,23H,1,17-18H2/t23-/m1/s1. The lowest BCUT2D eigenvalue weighted by Gasteiger charge is -2.19. The van der Waals surface area contributed by atoms with Gasteiger partial charge in [0.1, 0.15) is 5.75 Å². The van der Waals surface area contributed by atoms with E-state index in [0.29, 0.717) is 24.4 Å². The van der Waals surface area contributed by atoms with Gasteiger partial charge in [-0.15, -0.1) is 0 Å². The first-order chi connectivity index (χ1) is 13.2. The van der Waals surface area contributed by atoms with Crippen LogP contribution in [0.2, 0.25) is 0 Å². The first-order valence-corrected chi connectivity index (χ1v) is 8.88. The Morgan fingerprint density at radius 3 is 2.00 bits per heavy atom. The Morgan fingerprint density at radius 2 is 1.37 bits per heavy atom. The molecule has 0 heterocycles. The van der Waals surface area contributed by atoms with Crippen molar-refractivity contribution in [2.24, 2.45) is 0 Å². The number of rotatable bonds is 8. The van der Waals surface area contributed by atoms with Gasteiger partial charge in [0.05, 0.1) is 12.7 Å². The molecule has 0 aliphatic rings. The van der Waals surface area contributed by atoms with Crippen molar-refractivity contribution in [1.29, 1.82) is 0 Å². The molecule has 0 saturated heterocycles. The quantitative estimate of drug-likeness (QED) is 0.303. The van der Waals surface area contributed by atoms with Crippen LogP contribution in [0, 0.1) is 0 Å². The molecular weight excluding hydrogens is 336 g/mol. The minimum atomic E-state index is -0.439. The van der Waals surface area contributed by atoms with E-state index in [4.69, 9.17) is 9.47 Å². The minimum Gasteiger partial charge on any atom is -0.423 e. The molecule has 3 heteroatoms. The van der Waals surface area contributed by atoms with Gasteiger partial charge < -0.3 is 9.47 Å². The van der Waals surface area contributed by atoms with E-state index in [2.05, 4.69) is 6.58 Å². The predicted molar refractivity (Wildman–Crippen MR) is 106 cm³/mol. The molecule has 0 aliphatic carbocycles. The number of carbonyl (C=O) groups excluding carboxylic acids is 1. The number of hydrogen-bond donors (Lipinski definition) is 0. The van der Waals surface area contributed by atoms with Crippen LogP contribution in [0.3, 0.4) is 0 Å². The predicted octanol–water partition coefficient (Wildman–Crippen LogP) is 5.50. The Labute approximate surface area is 159 Å². The summed E-state index contributed by atoms with van der Waals surface area (Å²) in [4.78, 5) is 12.4. The molecule has 3 aromatic rings. The van der Waals surface area contributed by atoms with E-state index >= 15 is 0 Å². The fourth-order valence-electron chi connectivity index (χ4n) is 2.69. The fourth-order valence-corrected chi connectivity index (χ4v) is 2.69. The molecule has 1 atom stereocenters. The van der Waals surface area contributed by atoms with Crippen molar-refractivity contribution in [2.75, 3.05) is 0 Å². The number of benzene rings is 3. The summed E-state index contributed by atoms with van der Waals surface area (Å²) in [5.41, 5.74) is 2.46. The third kappa shape index (κ3) is 5.66. The Balaban J connectivity index is 1.67. The molecule has 0 spiro atoms. The van der Waals surface area contributed by atoms with Crippen LogP contribution >= 0.6 is 0 Å². The summed E-state index contributed by atoms with van der Waals surface area (Å²) >= 11 is 0. The maximum atomic E-state index is 12.4. The van der Waals surface area contributed by atoms with Gasteiger partial charge >= 0.3 is 5.97 Å². The number of esters is 1. The van der Waals surface area contributed by atoms with E-state index in [-0.39, 0.29) is 6.10 Å². The van der Waals surface area contributed by atoms with Gasteiger partial charge in [-0.3, -0.25) is 0 Å². The van der Waals surface area contributed by atoms with Crippen molar-refractivity contribution >= 4 is 5.97 Å². The van der Waals surface area contributed by atoms with Crippen molar-refractivity contribution in [2.45, 2.75) is 19.1 Å². The Hall–Kier alpha value is -3.17. The highest BCUT2D eigenvalue weighted by Crippen LogP contribution is 2.26. The van der Waals surface area contributed by atoms with Crippen molar-refractivity contribution in [3.8, 4) is 5.75 Å². The third-order valence-corrected chi connectivity index (χ3v) is 4.14. The molecule has 0 bridgehead atoms. The van der Waals surface area contributed by atoms with E-state index in [1.165, 1.54) is 0 Å². The second kappa shape index (κ2) is 9.51. The zero-order valence-electron chi connectivity index (χ0n) is 15.1. The lowest BCUT2D eigenvalue weighted by Crippen LogP contribution is -2.14. The average molecular weight is 358 g/mol. The van der Waals surface area contributed by atoms with Gasteiger partial charge in [-0.25, -0.2) is 4.79 Å². The van der Waals surface area contributed by atoms with Crippen LogP contribution in [0.4, 0.5) is 0 Å². The highest BCUT2D eigenvalue weighted by atomic mass is 16.5. The second-order valence-electron chi connectivity index (χ2n) is 6.21. The summed E-state index contributed by atoms with van der Waals surface area (Å²) in [7, 11) is 0. The molecule has 136 valence electrons. The van der Waals surface area contributed by atoms with Crippen molar-refractivity contribution < 1.29 is 14.3 Å². The van der Waals surface area contributed by atoms with Crippen molar-refractivity contribution in [1.82, 2.24) is 0 Å². The number of para-hydroxylation sites is 1. The maximum Gasteiger partial charge on any atom is 0.338 e. The third-order valence-electron chi connectivity index (χ3n) is 4.14. The monoisotopic (exact) mass is 358 g/mol. The highest BCUT2D eigenvalue weighted by molar-refractivity contribution is 5.89. The molecule has 0 fully saturated rings. The van der Waals surface area contributed by atoms with Crippen LogP contribution in [-0.4, -0.2) is 5.97 Å². The Bertz CT molecular complexity index is 858. The van der Waals surface area contributed by atoms with Crippen LogP contribution in [0.15, 0.2) is 103 Å². The molecule has 0 saturated carbocycles. The number of ether oxygens (including phenoxy) is 2. The lowest BCUT2D eigenvalue weighted by atomic mass is 10.0. The van der Waals surface area contributed by atoms with E-state index < -0.39 is 5.97 Å². The van der Waals surface area contributed by atoms with Crippen molar-refractivity contribution in [3.63, 3.8) is 0 Å². The van der Waals surface area contributed by atoms with Crippen molar-refractivity contribution in [3.05, 3.63) is 114 Å². The lowest BCUT2D eigenvalue weighted by molar-refractivity contribution is -0.130. The van der Waals surface area contributed by atoms with E-state index in [9.17, 15) is 4.79 Å². The average Bonchev–Trinajstić information content (AvgIpc) is 2.73. The van der Waals surface area contributed by atoms with Crippen LogP contribution < -0.4 is 4.74 Å². The Morgan fingerprint density at radius 1 is 0.815 bits per heavy atom. The Kier molecular flexibility index (Phi) is 6.55. The molecule has 0 aliphatic heterocycles. The molecule has 3 aromatic carbocycles. The second-order valence-corrected chi connectivity index (χ2v) is 6.21. The van der Waals surface area contributed by atoms with Crippen LogP contribution in [-0.2, 0) is 16.1 Å². The molecule has 0 N–H and O–H groups in total. The van der Waals surface area contributed by atoms with Crippen LogP contribution in [0.25, 0.3) is 0 Å². The SMILES string of the molecule is C=C(C[C@@H](OCc1ccccc1)c1ccccc1)C(=O)Oc1ccccc1. The molecule has 3 rings (SSSR count). The largest absolute Gasteiger partial charge is 0.423 e. The summed E-state index contributed by atoms with van der Waals surface area (Å²) in [6.45, 7) is 4.38. The van der Waals surface area contributed by atoms with E-state index in [0.717, 1.165) is 11.1 Å². The zero-order valence-corrected chi connectivity index (χ0v) is 15.1. The van der Waals surface area contributed by atoms with E-state index in [1.54, 1.807) is 12.1 Å². The molecule has 3 nitrogen and oxygen atoms in total. The van der Waals surface area contributed by atoms with Gasteiger partial charge in [0.15, 0.2) is 0 Å². The topological polar surface area (TPSA) is 35.5 Å².